The summed E-state index contributed by atoms with van der Waals surface area (Å²) in [7, 11) is 1.68. The third-order valence-corrected chi connectivity index (χ3v) is 2.78. The molecule has 2 rings (SSSR count). The van der Waals surface area contributed by atoms with Crippen molar-refractivity contribution in [2.45, 2.75) is 19.3 Å². The number of aromatic amines is 2. The summed E-state index contributed by atoms with van der Waals surface area (Å²) >= 11 is 4.89. The summed E-state index contributed by atoms with van der Waals surface area (Å²) in [6, 6.07) is 8.14. The molecule has 0 saturated heterocycles. The third-order valence-electron chi connectivity index (χ3n) is 2.59. The maximum Gasteiger partial charge on any atom is 0.213 e. The van der Waals surface area contributed by atoms with Crippen molar-refractivity contribution >= 4 is 12.2 Å². The SMILES string of the molecule is COc1ccc(CCCc2nc(=S)[nH][nH]2)cc1. The minimum absolute atomic E-state index is 0.518. The van der Waals surface area contributed by atoms with Crippen LogP contribution in [-0.4, -0.2) is 22.3 Å². The standard InChI is InChI=1S/C12H15N3OS/c1-16-10-7-5-9(6-8-10)3-2-4-11-13-12(17)15-14-11/h5-8H,2-4H2,1H3,(H2,13,14,15,17). The summed E-state index contributed by atoms with van der Waals surface area (Å²) in [4.78, 5) is 4.15. The van der Waals surface area contributed by atoms with Gasteiger partial charge in [-0.2, -0.15) is 0 Å². The molecule has 0 aliphatic carbocycles. The molecule has 0 bridgehead atoms. The Balaban J connectivity index is 1.83. The Kier molecular flexibility index (Phi) is 3.93. The van der Waals surface area contributed by atoms with Crippen LogP contribution < -0.4 is 4.74 Å². The molecule has 0 atom stereocenters. The van der Waals surface area contributed by atoms with E-state index >= 15 is 0 Å². The summed E-state index contributed by atoms with van der Waals surface area (Å²) in [5.41, 5.74) is 1.31. The molecule has 0 unspecified atom stereocenters. The maximum absolute atomic E-state index is 5.12. The van der Waals surface area contributed by atoms with Gasteiger partial charge in [0.25, 0.3) is 0 Å². The lowest BCUT2D eigenvalue weighted by Gasteiger charge is -2.02. The molecule has 0 fully saturated rings. The van der Waals surface area contributed by atoms with Crippen LogP contribution in [0, 0.1) is 4.77 Å². The zero-order valence-electron chi connectivity index (χ0n) is 9.69. The lowest BCUT2D eigenvalue weighted by Crippen LogP contribution is -1.92. The molecule has 0 aliphatic heterocycles. The summed E-state index contributed by atoms with van der Waals surface area (Å²) < 4.78 is 5.63. The van der Waals surface area contributed by atoms with Crippen LogP contribution in [-0.2, 0) is 12.8 Å². The summed E-state index contributed by atoms with van der Waals surface area (Å²) in [5.74, 6) is 1.81. The van der Waals surface area contributed by atoms with Crippen LogP contribution in [0.3, 0.4) is 0 Å². The van der Waals surface area contributed by atoms with Gasteiger partial charge in [0.2, 0.25) is 4.77 Å². The molecule has 4 nitrogen and oxygen atoms in total. The van der Waals surface area contributed by atoms with Crippen molar-refractivity contribution in [3.63, 3.8) is 0 Å². The molecule has 90 valence electrons. The first-order valence-corrected chi connectivity index (χ1v) is 5.95. The van der Waals surface area contributed by atoms with Crippen molar-refractivity contribution in [3.8, 4) is 5.75 Å². The van der Waals surface area contributed by atoms with Gasteiger partial charge in [0.1, 0.15) is 11.6 Å². The fourth-order valence-electron chi connectivity index (χ4n) is 1.67. The topological polar surface area (TPSA) is 53.7 Å². The number of hydrogen-bond acceptors (Lipinski definition) is 3. The number of benzene rings is 1. The van der Waals surface area contributed by atoms with E-state index in [1.54, 1.807) is 7.11 Å². The second-order valence-corrected chi connectivity index (χ2v) is 4.20. The first-order valence-electron chi connectivity index (χ1n) is 5.54. The van der Waals surface area contributed by atoms with E-state index in [0.29, 0.717) is 4.77 Å². The molecular formula is C12H15N3OS. The van der Waals surface area contributed by atoms with Crippen molar-refractivity contribution in [1.29, 1.82) is 0 Å². The van der Waals surface area contributed by atoms with Gasteiger partial charge >= 0.3 is 0 Å². The van der Waals surface area contributed by atoms with Gasteiger partial charge in [0.15, 0.2) is 0 Å². The molecule has 0 radical (unpaired) electrons. The highest BCUT2D eigenvalue weighted by Crippen LogP contribution is 2.13. The van der Waals surface area contributed by atoms with Crippen LogP contribution in [0.2, 0.25) is 0 Å². The van der Waals surface area contributed by atoms with E-state index < -0.39 is 0 Å². The van der Waals surface area contributed by atoms with Crippen molar-refractivity contribution in [1.82, 2.24) is 15.2 Å². The van der Waals surface area contributed by atoms with Crippen molar-refractivity contribution in [2.75, 3.05) is 7.11 Å². The van der Waals surface area contributed by atoms with E-state index in [0.717, 1.165) is 30.8 Å². The van der Waals surface area contributed by atoms with Gasteiger partial charge in [-0.1, -0.05) is 12.1 Å². The average molecular weight is 249 g/mol. The summed E-state index contributed by atoms with van der Waals surface area (Å²) in [6.07, 6.45) is 2.97. The number of ether oxygens (including phenoxy) is 1. The lowest BCUT2D eigenvalue weighted by molar-refractivity contribution is 0.414. The van der Waals surface area contributed by atoms with E-state index in [1.165, 1.54) is 5.56 Å². The van der Waals surface area contributed by atoms with Crippen molar-refractivity contribution < 1.29 is 4.74 Å². The molecule has 0 aliphatic rings. The highest BCUT2D eigenvalue weighted by molar-refractivity contribution is 7.71. The number of hydrogen-bond donors (Lipinski definition) is 2. The Morgan fingerprint density at radius 2 is 1.94 bits per heavy atom. The van der Waals surface area contributed by atoms with Crippen LogP contribution in [0.4, 0.5) is 0 Å². The fraction of sp³-hybridized carbons (Fsp3) is 0.333. The highest BCUT2D eigenvalue weighted by Gasteiger charge is 1.98. The molecular weight excluding hydrogens is 234 g/mol. The predicted molar refractivity (Wildman–Crippen MR) is 68.8 cm³/mol. The molecule has 0 saturated carbocycles. The van der Waals surface area contributed by atoms with Gasteiger partial charge < -0.3 is 4.74 Å². The molecule has 5 heteroatoms. The number of rotatable bonds is 5. The zero-order valence-corrected chi connectivity index (χ0v) is 10.5. The van der Waals surface area contributed by atoms with Gasteiger partial charge in [0, 0.05) is 6.42 Å². The van der Waals surface area contributed by atoms with E-state index in [-0.39, 0.29) is 0 Å². The van der Waals surface area contributed by atoms with E-state index in [9.17, 15) is 0 Å². The minimum atomic E-state index is 0.518. The molecule has 1 aromatic carbocycles. The normalized spacial score (nSPS) is 10.4. The smallest absolute Gasteiger partial charge is 0.213 e. The molecule has 0 spiro atoms. The average Bonchev–Trinajstić information content (AvgIpc) is 2.76. The Hall–Kier alpha value is -1.62. The number of H-pyrrole nitrogens is 2. The fourth-order valence-corrected chi connectivity index (χ4v) is 1.84. The highest BCUT2D eigenvalue weighted by atomic mass is 32.1. The second kappa shape index (κ2) is 5.63. The van der Waals surface area contributed by atoms with E-state index in [2.05, 4.69) is 27.3 Å². The quantitative estimate of drug-likeness (QED) is 0.801. The van der Waals surface area contributed by atoms with Crippen LogP contribution in [0.5, 0.6) is 5.75 Å². The van der Waals surface area contributed by atoms with Crippen molar-refractivity contribution in [2.24, 2.45) is 0 Å². The lowest BCUT2D eigenvalue weighted by atomic mass is 10.1. The number of methoxy groups -OCH3 is 1. The molecule has 1 aromatic heterocycles. The molecule has 2 aromatic rings. The van der Waals surface area contributed by atoms with E-state index in [1.807, 2.05) is 12.1 Å². The number of nitrogens with zero attached hydrogens (tertiary/aromatic N) is 1. The number of nitrogens with one attached hydrogen (secondary N) is 2. The molecule has 17 heavy (non-hydrogen) atoms. The van der Waals surface area contributed by atoms with E-state index in [4.69, 9.17) is 17.0 Å². The van der Waals surface area contributed by atoms with Gasteiger partial charge in [-0.15, -0.1) is 0 Å². The Labute approximate surface area is 105 Å². The second-order valence-electron chi connectivity index (χ2n) is 3.82. The van der Waals surface area contributed by atoms with Gasteiger partial charge in [-0.3, -0.25) is 10.2 Å². The zero-order chi connectivity index (χ0) is 12.1. The third kappa shape index (κ3) is 3.42. The number of aromatic nitrogens is 3. The Morgan fingerprint density at radius 1 is 1.18 bits per heavy atom. The summed E-state index contributed by atoms with van der Waals surface area (Å²) in [6.45, 7) is 0. The van der Waals surface area contributed by atoms with Crippen LogP contribution in [0.25, 0.3) is 0 Å². The number of aryl methyl sites for hydroxylation is 2. The minimum Gasteiger partial charge on any atom is -0.497 e. The van der Waals surface area contributed by atoms with Crippen LogP contribution in [0.1, 0.15) is 17.8 Å². The van der Waals surface area contributed by atoms with Crippen LogP contribution >= 0.6 is 12.2 Å². The van der Waals surface area contributed by atoms with Crippen molar-refractivity contribution in [3.05, 3.63) is 40.4 Å². The van der Waals surface area contributed by atoms with Gasteiger partial charge in [-0.05, 0) is 42.8 Å². The monoisotopic (exact) mass is 249 g/mol. The maximum atomic E-state index is 5.12. The summed E-state index contributed by atoms with van der Waals surface area (Å²) in [5, 5.41) is 5.74. The molecule has 1 heterocycles. The Bertz CT molecular complexity index is 515. The first kappa shape index (κ1) is 11.9. The first-order chi connectivity index (χ1) is 8.28. The molecule has 0 amide bonds. The largest absolute Gasteiger partial charge is 0.497 e. The Morgan fingerprint density at radius 3 is 2.53 bits per heavy atom. The predicted octanol–water partition coefficient (Wildman–Crippen LogP) is 2.65. The van der Waals surface area contributed by atoms with Crippen LogP contribution in [0.15, 0.2) is 24.3 Å². The molecule has 2 N–H and O–H groups in total. The van der Waals surface area contributed by atoms with Gasteiger partial charge in [0.05, 0.1) is 7.11 Å². The van der Waals surface area contributed by atoms with Gasteiger partial charge in [-0.25, -0.2) is 4.98 Å².